The van der Waals surface area contributed by atoms with E-state index in [0.717, 1.165) is 5.56 Å². The monoisotopic (exact) mass is 378 g/mol. The summed E-state index contributed by atoms with van der Waals surface area (Å²) in [6, 6.07) is 15.6. The zero-order valence-corrected chi connectivity index (χ0v) is 13.2. The first-order valence-corrected chi connectivity index (χ1v) is 7.82. The number of carbonyl (C=O) groups excluding carboxylic acids is 1. The van der Waals surface area contributed by atoms with E-state index >= 15 is 0 Å². The molecule has 1 saturated carbocycles. The quantitative estimate of drug-likeness (QED) is 0.578. The van der Waals surface area contributed by atoms with E-state index in [1.165, 1.54) is 22.0 Å². The van der Waals surface area contributed by atoms with E-state index in [4.69, 9.17) is 4.74 Å². The van der Waals surface area contributed by atoms with Gasteiger partial charge in [0.05, 0.1) is 5.56 Å². The Bertz CT molecular complexity index is 618. The number of rotatable bonds is 4. The smallest absolute Gasteiger partial charge is 0.338 e. The van der Waals surface area contributed by atoms with Crippen molar-refractivity contribution in [3.63, 3.8) is 0 Å². The molecule has 0 spiro atoms. The van der Waals surface area contributed by atoms with Crippen LogP contribution >= 0.6 is 22.6 Å². The lowest BCUT2D eigenvalue weighted by molar-refractivity contribution is 0.0472. The predicted octanol–water partition coefficient (Wildman–Crippen LogP) is 4.53. The van der Waals surface area contributed by atoms with Crippen LogP contribution < -0.4 is 0 Å². The van der Waals surface area contributed by atoms with Crippen LogP contribution in [-0.2, 0) is 11.3 Å². The normalized spacial score (nSPS) is 14.1. The minimum atomic E-state index is -0.243. The maximum atomic E-state index is 12.1. The zero-order chi connectivity index (χ0) is 13.9. The molecule has 102 valence electrons. The standard InChI is InChI=1S/C17H15IO2/c18-16-9-8-14(10-15(16)13-6-7-13)17(19)20-11-12-4-2-1-3-5-12/h1-5,8-10,13H,6-7,11H2. The van der Waals surface area contributed by atoms with E-state index in [0.29, 0.717) is 18.1 Å². The number of hydrogen-bond donors (Lipinski definition) is 0. The number of carbonyl (C=O) groups is 1. The van der Waals surface area contributed by atoms with Crippen LogP contribution in [0.4, 0.5) is 0 Å². The summed E-state index contributed by atoms with van der Waals surface area (Å²) in [6.45, 7) is 0.324. The second-order valence-corrected chi connectivity index (χ2v) is 6.23. The van der Waals surface area contributed by atoms with Crippen LogP contribution in [-0.4, -0.2) is 5.97 Å². The topological polar surface area (TPSA) is 26.3 Å². The van der Waals surface area contributed by atoms with E-state index < -0.39 is 0 Å². The maximum Gasteiger partial charge on any atom is 0.338 e. The van der Waals surface area contributed by atoms with Crippen LogP contribution in [0.15, 0.2) is 48.5 Å². The molecular weight excluding hydrogens is 363 g/mol. The summed E-state index contributed by atoms with van der Waals surface area (Å²) in [7, 11) is 0. The van der Waals surface area contributed by atoms with E-state index in [2.05, 4.69) is 22.6 Å². The Balaban J connectivity index is 1.69. The molecule has 2 nitrogen and oxygen atoms in total. The Morgan fingerprint density at radius 1 is 1.15 bits per heavy atom. The minimum absolute atomic E-state index is 0.243. The van der Waals surface area contributed by atoms with Crippen LogP contribution in [0.2, 0.25) is 0 Å². The number of halogens is 1. The molecule has 1 aliphatic rings. The Morgan fingerprint density at radius 3 is 2.60 bits per heavy atom. The second-order valence-electron chi connectivity index (χ2n) is 5.07. The van der Waals surface area contributed by atoms with Crippen LogP contribution in [0.3, 0.4) is 0 Å². The zero-order valence-electron chi connectivity index (χ0n) is 11.0. The molecule has 0 unspecified atom stereocenters. The van der Waals surface area contributed by atoms with Gasteiger partial charge in [-0.15, -0.1) is 0 Å². The summed E-state index contributed by atoms with van der Waals surface area (Å²) in [5.74, 6) is 0.399. The molecule has 0 radical (unpaired) electrons. The van der Waals surface area contributed by atoms with Crippen molar-refractivity contribution >= 4 is 28.6 Å². The molecule has 3 rings (SSSR count). The second kappa shape index (κ2) is 5.95. The molecule has 0 amide bonds. The summed E-state index contributed by atoms with van der Waals surface area (Å²) >= 11 is 2.33. The van der Waals surface area contributed by atoms with Gasteiger partial charge in [0, 0.05) is 3.57 Å². The SMILES string of the molecule is O=C(OCc1ccccc1)c1ccc(I)c(C2CC2)c1. The minimum Gasteiger partial charge on any atom is -0.457 e. The van der Waals surface area contributed by atoms with Gasteiger partial charge in [0.25, 0.3) is 0 Å². The van der Waals surface area contributed by atoms with Crippen molar-refractivity contribution in [1.29, 1.82) is 0 Å². The summed E-state index contributed by atoms with van der Waals surface area (Å²) in [6.07, 6.45) is 2.47. The molecule has 1 aliphatic carbocycles. The molecule has 0 N–H and O–H groups in total. The lowest BCUT2D eigenvalue weighted by Crippen LogP contribution is -2.06. The van der Waals surface area contributed by atoms with Crippen LogP contribution in [0.5, 0.6) is 0 Å². The fourth-order valence-electron chi connectivity index (χ4n) is 2.18. The van der Waals surface area contributed by atoms with Crippen molar-refractivity contribution in [2.75, 3.05) is 0 Å². The van der Waals surface area contributed by atoms with Crippen LogP contribution in [0.25, 0.3) is 0 Å². The fraction of sp³-hybridized carbons (Fsp3) is 0.235. The average molecular weight is 378 g/mol. The molecule has 2 aromatic carbocycles. The van der Waals surface area contributed by atoms with Crippen LogP contribution in [0.1, 0.15) is 40.2 Å². The summed E-state index contributed by atoms with van der Waals surface area (Å²) in [4.78, 5) is 12.1. The van der Waals surface area contributed by atoms with Gasteiger partial charge in [-0.05, 0) is 70.7 Å². The van der Waals surface area contributed by atoms with Gasteiger partial charge in [0.1, 0.15) is 6.61 Å². The van der Waals surface area contributed by atoms with Gasteiger partial charge >= 0.3 is 5.97 Å². The predicted molar refractivity (Wildman–Crippen MR) is 86.7 cm³/mol. The molecule has 0 saturated heterocycles. The first kappa shape index (κ1) is 13.6. The largest absolute Gasteiger partial charge is 0.457 e. The van der Waals surface area contributed by atoms with Gasteiger partial charge in [-0.2, -0.15) is 0 Å². The molecule has 0 aromatic heterocycles. The molecule has 2 aromatic rings. The first-order valence-electron chi connectivity index (χ1n) is 6.74. The van der Waals surface area contributed by atoms with Crippen molar-refractivity contribution < 1.29 is 9.53 Å². The summed E-state index contributed by atoms with van der Waals surface area (Å²) < 4.78 is 6.61. The van der Waals surface area contributed by atoms with E-state index in [-0.39, 0.29) is 5.97 Å². The van der Waals surface area contributed by atoms with Crippen molar-refractivity contribution in [3.8, 4) is 0 Å². The third-order valence-corrected chi connectivity index (χ3v) is 4.44. The van der Waals surface area contributed by atoms with E-state index in [1.807, 2.05) is 48.5 Å². The Kier molecular flexibility index (Phi) is 4.05. The lowest BCUT2D eigenvalue weighted by atomic mass is 10.1. The Hall–Kier alpha value is -1.36. The molecule has 0 atom stereocenters. The molecule has 0 bridgehead atoms. The van der Waals surface area contributed by atoms with Gasteiger partial charge in [0.2, 0.25) is 0 Å². The third-order valence-electron chi connectivity index (χ3n) is 3.46. The van der Waals surface area contributed by atoms with Crippen molar-refractivity contribution in [2.45, 2.75) is 25.4 Å². The highest BCUT2D eigenvalue weighted by molar-refractivity contribution is 14.1. The van der Waals surface area contributed by atoms with Crippen LogP contribution in [0, 0.1) is 3.57 Å². The number of hydrogen-bond acceptors (Lipinski definition) is 2. The van der Waals surface area contributed by atoms with Crippen molar-refractivity contribution in [3.05, 3.63) is 68.8 Å². The molecule has 0 aliphatic heterocycles. The van der Waals surface area contributed by atoms with Gasteiger partial charge in [-0.25, -0.2) is 4.79 Å². The van der Waals surface area contributed by atoms with Crippen molar-refractivity contribution in [1.82, 2.24) is 0 Å². The third kappa shape index (κ3) is 3.20. The average Bonchev–Trinajstić information content (AvgIpc) is 3.31. The molecule has 3 heteroatoms. The number of ether oxygens (including phenoxy) is 1. The summed E-state index contributed by atoms with van der Waals surface area (Å²) in [5, 5.41) is 0. The Labute approximate surface area is 132 Å². The molecule has 20 heavy (non-hydrogen) atoms. The highest BCUT2D eigenvalue weighted by Crippen LogP contribution is 2.42. The first-order chi connectivity index (χ1) is 9.74. The molecule has 1 fully saturated rings. The summed E-state index contributed by atoms with van der Waals surface area (Å²) in [5.41, 5.74) is 2.96. The van der Waals surface area contributed by atoms with Gasteiger partial charge in [-0.3, -0.25) is 0 Å². The molecule has 0 heterocycles. The fourth-order valence-corrected chi connectivity index (χ4v) is 2.96. The van der Waals surface area contributed by atoms with E-state index in [1.54, 1.807) is 0 Å². The highest BCUT2D eigenvalue weighted by atomic mass is 127. The maximum absolute atomic E-state index is 12.1. The Morgan fingerprint density at radius 2 is 1.90 bits per heavy atom. The lowest BCUT2D eigenvalue weighted by Gasteiger charge is -2.08. The van der Waals surface area contributed by atoms with Gasteiger partial charge in [-0.1, -0.05) is 30.3 Å². The molecular formula is C17H15IO2. The number of benzene rings is 2. The van der Waals surface area contributed by atoms with Crippen molar-refractivity contribution in [2.24, 2.45) is 0 Å². The van der Waals surface area contributed by atoms with Gasteiger partial charge in [0.15, 0.2) is 0 Å². The van der Waals surface area contributed by atoms with Gasteiger partial charge < -0.3 is 4.74 Å². The number of esters is 1. The van der Waals surface area contributed by atoms with E-state index in [9.17, 15) is 4.79 Å². The highest BCUT2D eigenvalue weighted by Gasteiger charge is 2.26.